The standard InChI is InChI=1S/C25H28F2/c1-3-17-6-9-20-13-21(11-10-19(20)12-17)22-14-23(26)25(24(27)15-22)18-7-4-16(2)5-8-18/h3-5,7-8,14-15,17,19-21H,1,6,9-13H2,2H3. The van der Waals surface area contributed by atoms with Crippen molar-refractivity contribution >= 4 is 0 Å². The average molecular weight is 366 g/mol. The molecule has 0 spiro atoms. The van der Waals surface area contributed by atoms with Crippen LogP contribution >= 0.6 is 0 Å². The van der Waals surface area contributed by atoms with Crippen LogP contribution in [0, 0.1) is 36.3 Å². The van der Waals surface area contributed by atoms with Crippen LogP contribution in [0.2, 0.25) is 0 Å². The Morgan fingerprint density at radius 3 is 2.19 bits per heavy atom. The summed E-state index contributed by atoms with van der Waals surface area (Å²) in [7, 11) is 0. The van der Waals surface area contributed by atoms with Crippen molar-refractivity contribution in [3.63, 3.8) is 0 Å². The fraction of sp³-hybridized carbons (Fsp3) is 0.440. The van der Waals surface area contributed by atoms with E-state index < -0.39 is 11.6 Å². The lowest BCUT2D eigenvalue weighted by Gasteiger charge is -2.41. The minimum absolute atomic E-state index is 0.0962. The Morgan fingerprint density at radius 1 is 0.889 bits per heavy atom. The summed E-state index contributed by atoms with van der Waals surface area (Å²) in [6.45, 7) is 5.93. The molecule has 0 amide bonds. The second-order valence-electron chi connectivity index (χ2n) is 8.56. The van der Waals surface area contributed by atoms with Gasteiger partial charge in [-0.3, -0.25) is 0 Å². The molecule has 27 heavy (non-hydrogen) atoms. The predicted molar refractivity (Wildman–Crippen MR) is 108 cm³/mol. The van der Waals surface area contributed by atoms with Crippen LogP contribution in [0.4, 0.5) is 8.78 Å². The van der Waals surface area contributed by atoms with Crippen molar-refractivity contribution in [2.24, 2.45) is 17.8 Å². The summed E-state index contributed by atoms with van der Waals surface area (Å²) in [5.41, 5.74) is 2.62. The summed E-state index contributed by atoms with van der Waals surface area (Å²) in [6, 6.07) is 10.5. The second kappa shape index (κ2) is 7.58. The zero-order valence-corrected chi connectivity index (χ0v) is 16.1. The maximum Gasteiger partial charge on any atom is 0.134 e. The Bertz CT molecular complexity index is 798. The highest BCUT2D eigenvalue weighted by Gasteiger charge is 2.35. The average Bonchev–Trinajstić information content (AvgIpc) is 2.68. The summed E-state index contributed by atoms with van der Waals surface area (Å²) in [5, 5.41) is 0. The lowest BCUT2D eigenvalue weighted by atomic mass is 9.64. The summed E-state index contributed by atoms with van der Waals surface area (Å²) in [6.07, 6.45) is 9.07. The lowest BCUT2D eigenvalue weighted by molar-refractivity contribution is 0.133. The Morgan fingerprint density at radius 2 is 1.52 bits per heavy atom. The molecular formula is C25H28F2. The monoisotopic (exact) mass is 366 g/mol. The molecule has 2 aromatic rings. The van der Waals surface area contributed by atoms with Crippen LogP contribution in [0.3, 0.4) is 0 Å². The van der Waals surface area contributed by atoms with Crippen molar-refractivity contribution in [1.29, 1.82) is 0 Å². The van der Waals surface area contributed by atoms with Gasteiger partial charge in [0.15, 0.2) is 0 Å². The first-order chi connectivity index (χ1) is 13.0. The van der Waals surface area contributed by atoms with Gasteiger partial charge in [-0.1, -0.05) is 35.9 Å². The van der Waals surface area contributed by atoms with E-state index in [2.05, 4.69) is 12.7 Å². The number of hydrogen-bond acceptors (Lipinski definition) is 0. The van der Waals surface area contributed by atoms with Crippen LogP contribution in [-0.4, -0.2) is 0 Å². The van der Waals surface area contributed by atoms with Crippen molar-refractivity contribution in [2.75, 3.05) is 0 Å². The van der Waals surface area contributed by atoms with Crippen LogP contribution in [0.25, 0.3) is 11.1 Å². The molecule has 2 heteroatoms. The first-order valence-corrected chi connectivity index (χ1v) is 10.2. The fourth-order valence-corrected chi connectivity index (χ4v) is 5.27. The zero-order chi connectivity index (χ0) is 19.0. The van der Waals surface area contributed by atoms with Gasteiger partial charge in [-0.15, -0.1) is 6.58 Å². The number of benzene rings is 2. The molecule has 2 saturated carbocycles. The molecule has 4 atom stereocenters. The summed E-state index contributed by atoms with van der Waals surface area (Å²) in [4.78, 5) is 0. The Labute approximate surface area is 161 Å². The smallest absolute Gasteiger partial charge is 0.134 e. The van der Waals surface area contributed by atoms with Crippen LogP contribution in [0.15, 0.2) is 49.1 Å². The summed E-state index contributed by atoms with van der Waals surface area (Å²) < 4.78 is 29.7. The highest BCUT2D eigenvalue weighted by Crippen LogP contribution is 2.48. The van der Waals surface area contributed by atoms with Crippen LogP contribution < -0.4 is 0 Å². The van der Waals surface area contributed by atoms with E-state index in [0.29, 0.717) is 17.4 Å². The molecule has 0 heterocycles. The third-order valence-corrected chi connectivity index (χ3v) is 6.86. The fourth-order valence-electron chi connectivity index (χ4n) is 5.27. The minimum atomic E-state index is -0.439. The highest BCUT2D eigenvalue weighted by atomic mass is 19.1. The molecule has 0 aromatic heterocycles. The molecular weight excluding hydrogens is 338 g/mol. The largest absolute Gasteiger partial charge is 0.206 e. The maximum atomic E-state index is 14.8. The van der Waals surface area contributed by atoms with Gasteiger partial charge in [-0.25, -0.2) is 8.78 Å². The third-order valence-electron chi connectivity index (χ3n) is 6.86. The minimum Gasteiger partial charge on any atom is -0.206 e. The van der Waals surface area contributed by atoms with E-state index in [-0.39, 0.29) is 11.5 Å². The van der Waals surface area contributed by atoms with Gasteiger partial charge in [0.25, 0.3) is 0 Å². The molecule has 4 unspecified atom stereocenters. The number of aryl methyl sites for hydroxylation is 1. The molecule has 2 aliphatic rings. The van der Waals surface area contributed by atoms with E-state index in [4.69, 9.17) is 0 Å². The molecule has 142 valence electrons. The van der Waals surface area contributed by atoms with Gasteiger partial charge < -0.3 is 0 Å². The molecule has 2 aromatic carbocycles. The quantitative estimate of drug-likeness (QED) is 0.496. The summed E-state index contributed by atoms with van der Waals surface area (Å²) >= 11 is 0. The van der Waals surface area contributed by atoms with Crippen molar-refractivity contribution in [3.05, 3.63) is 71.8 Å². The van der Waals surface area contributed by atoms with Gasteiger partial charge in [0.2, 0.25) is 0 Å². The zero-order valence-electron chi connectivity index (χ0n) is 16.1. The topological polar surface area (TPSA) is 0 Å². The number of hydrogen-bond donors (Lipinski definition) is 0. The molecule has 0 N–H and O–H groups in total. The molecule has 0 saturated heterocycles. The number of rotatable bonds is 3. The molecule has 2 fully saturated rings. The number of allylic oxidation sites excluding steroid dienone is 1. The third kappa shape index (κ3) is 3.72. The van der Waals surface area contributed by atoms with Crippen LogP contribution in [0.1, 0.15) is 55.6 Å². The van der Waals surface area contributed by atoms with Crippen molar-refractivity contribution < 1.29 is 8.78 Å². The molecule has 4 rings (SSSR count). The van der Waals surface area contributed by atoms with Crippen LogP contribution in [-0.2, 0) is 0 Å². The van der Waals surface area contributed by atoms with E-state index in [1.54, 1.807) is 24.3 Å². The van der Waals surface area contributed by atoms with Crippen LogP contribution in [0.5, 0.6) is 0 Å². The van der Waals surface area contributed by atoms with E-state index >= 15 is 0 Å². The lowest BCUT2D eigenvalue weighted by Crippen LogP contribution is -2.30. The van der Waals surface area contributed by atoms with Crippen molar-refractivity contribution in [2.45, 2.75) is 51.4 Å². The molecule has 0 nitrogen and oxygen atoms in total. The highest BCUT2D eigenvalue weighted by molar-refractivity contribution is 5.65. The molecule has 0 aliphatic heterocycles. The van der Waals surface area contributed by atoms with Gasteiger partial charge in [-0.2, -0.15) is 0 Å². The van der Waals surface area contributed by atoms with Gasteiger partial charge in [0, 0.05) is 0 Å². The number of halogens is 2. The first kappa shape index (κ1) is 18.4. The van der Waals surface area contributed by atoms with E-state index in [0.717, 1.165) is 29.9 Å². The van der Waals surface area contributed by atoms with Crippen molar-refractivity contribution in [1.82, 2.24) is 0 Å². The Hall–Kier alpha value is -1.96. The second-order valence-corrected chi connectivity index (χ2v) is 8.56. The van der Waals surface area contributed by atoms with E-state index in [1.807, 2.05) is 19.1 Å². The maximum absolute atomic E-state index is 14.8. The van der Waals surface area contributed by atoms with Gasteiger partial charge >= 0.3 is 0 Å². The SMILES string of the molecule is C=CC1CCC2CC(c3cc(F)c(-c4ccc(C)cc4)c(F)c3)CCC2C1. The van der Waals surface area contributed by atoms with Gasteiger partial charge in [0.05, 0.1) is 5.56 Å². The first-order valence-electron chi connectivity index (χ1n) is 10.2. The molecule has 0 bridgehead atoms. The predicted octanol–water partition coefficient (Wildman–Crippen LogP) is 7.43. The summed E-state index contributed by atoms with van der Waals surface area (Å²) in [5.74, 6) is 1.52. The molecule has 2 aliphatic carbocycles. The van der Waals surface area contributed by atoms with E-state index in [9.17, 15) is 8.78 Å². The number of fused-ring (bicyclic) bond motifs is 1. The van der Waals surface area contributed by atoms with E-state index in [1.165, 1.54) is 25.7 Å². The van der Waals surface area contributed by atoms with Gasteiger partial charge in [-0.05, 0) is 92.4 Å². The normalized spacial score (nSPS) is 27.8. The molecule has 0 radical (unpaired) electrons. The van der Waals surface area contributed by atoms with Gasteiger partial charge in [0.1, 0.15) is 11.6 Å². The van der Waals surface area contributed by atoms with Crippen molar-refractivity contribution in [3.8, 4) is 11.1 Å². The Kier molecular flexibility index (Phi) is 5.16. The Balaban J connectivity index is 1.55.